The standard InChI is InChI=1S/C16H21N3O3/c1-10-14-17-13-11(6-5-7-12(13)20)19(14)9-8-18(10)15(21)22-16(2,3)4/h5-7,10,20H,8-9H2,1-4H3. The van der Waals surface area contributed by atoms with Crippen LogP contribution in [0.15, 0.2) is 18.2 Å². The van der Waals surface area contributed by atoms with Gasteiger partial charge in [0.15, 0.2) is 0 Å². The van der Waals surface area contributed by atoms with Crippen LogP contribution in [0.5, 0.6) is 5.75 Å². The van der Waals surface area contributed by atoms with Crippen LogP contribution in [0.4, 0.5) is 4.79 Å². The predicted molar refractivity (Wildman–Crippen MR) is 82.8 cm³/mol. The summed E-state index contributed by atoms with van der Waals surface area (Å²) in [6.45, 7) is 8.69. The fourth-order valence-electron chi connectivity index (χ4n) is 2.81. The number of benzene rings is 1. The molecule has 1 aromatic carbocycles. The molecule has 1 N–H and O–H groups in total. The third-order valence-corrected chi connectivity index (χ3v) is 3.82. The van der Waals surface area contributed by atoms with Gasteiger partial charge in [-0.3, -0.25) is 4.90 Å². The van der Waals surface area contributed by atoms with Crippen LogP contribution >= 0.6 is 0 Å². The summed E-state index contributed by atoms with van der Waals surface area (Å²) in [5, 5.41) is 9.95. The van der Waals surface area contributed by atoms with E-state index in [0.717, 1.165) is 11.3 Å². The quantitative estimate of drug-likeness (QED) is 0.812. The van der Waals surface area contributed by atoms with E-state index in [9.17, 15) is 9.90 Å². The minimum atomic E-state index is -0.521. The number of ether oxygens (including phenoxy) is 1. The SMILES string of the molecule is CC1c2nc3c(O)cccc3n2CCN1C(=O)OC(C)(C)C. The first-order valence-electron chi connectivity index (χ1n) is 7.45. The molecule has 1 aromatic heterocycles. The second kappa shape index (κ2) is 4.90. The number of carbonyl (C=O) groups is 1. The van der Waals surface area contributed by atoms with Crippen molar-refractivity contribution in [2.24, 2.45) is 0 Å². The van der Waals surface area contributed by atoms with Crippen LogP contribution in [-0.4, -0.2) is 37.8 Å². The van der Waals surface area contributed by atoms with Crippen molar-refractivity contribution in [3.63, 3.8) is 0 Å². The first kappa shape index (κ1) is 14.7. The first-order valence-corrected chi connectivity index (χ1v) is 7.45. The van der Waals surface area contributed by atoms with E-state index in [2.05, 4.69) is 9.55 Å². The van der Waals surface area contributed by atoms with Gasteiger partial charge in [0.1, 0.15) is 22.7 Å². The number of para-hydroxylation sites is 1. The van der Waals surface area contributed by atoms with Crippen molar-refractivity contribution in [2.75, 3.05) is 6.54 Å². The predicted octanol–water partition coefficient (Wildman–Crippen LogP) is 3.05. The summed E-state index contributed by atoms with van der Waals surface area (Å²) in [5.41, 5.74) is 0.952. The van der Waals surface area contributed by atoms with E-state index in [1.165, 1.54) is 0 Å². The Balaban J connectivity index is 1.96. The minimum Gasteiger partial charge on any atom is -0.506 e. The molecule has 0 saturated carbocycles. The van der Waals surface area contributed by atoms with Crippen molar-refractivity contribution in [1.82, 2.24) is 14.5 Å². The summed E-state index contributed by atoms with van der Waals surface area (Å²) in [7, 11) is 0. The highest BCUT2D eigenvalue weighted by atomic mass is 16.6. The lowest BCUT2D eigenvalue weighted by Crippen LogP contribution is -2.43. The van der Waals surface area contributed by atoms with Crippen LogP contribution in [0.2, 0.25) is 0 Å². The molecule has 3 rings (SSSR count). The fraction of sp³-hybridized carbons (Fsp3) is 0.500. The van der Waals surface area contributed by atoms with E-state index in [4.69, 9.17) is 4.74 Å². The number of carbonyl (C=O) groups excluding carboxylic acids is 1. The monoisotopic (exact) mass is 303 g/mol. The molecule has 2 aromatic rings. The van der Waals surface area contributed by atoms with E-state index >= 15 is 0 Å². The van der Waals surface area contributed by atoms with Crippen molar-refractivity contribution in [2.45, 2.75) is 45.9 Å². The van der Waals surface area contributed by atoms with Crippen LogP contribution in [-0.2, 0) is 11.3 Å². The smallest absolute Gasteiger partial charge is 0.410 e. The van der Waals surface area contributed by atoms with Gasteiger partial charge >= 0.3 is 6.09 Å². The van der Waals surface area contributed by atoms with Crippen molar-refractivity contribution in [3.05, 3.63) is 24.0 Å². The van der Waals surface area contributed by atoms with Gasteiger partial charge in [-0.1, -0.05) is 6.07 Å². The number of phenolic OH excluding ortho intramolecular Hbond substituents is 1. The van der Waals surface area contributed by atoms with Crippen LogP contribution in [0.3, 0.4) is 0 Å². The molecule has 1 atom stereocenters. The van der Waals surface area contributed by atoms with Gasteiger partial charge in [0, 0.05) is 13.1 Å². The van der Waals surface area contributed by atoms with Crippen molar-refractivity contribution in [1.29, 1.82) is 0 Å². The molecule has 6 nitrogen and oxygen atoms in total. The van der Waals surface area contributed by atoms with Crippen molar-refractivity contribution < 1.29 is 14.6 Å². The van der Waals surface area contributed by atoms with Crippen molar-refractivity contribution in [3.8, 4) is 5.75 Å². The van der Waals surface area contributed by atoms with Crippen LogP contribution in [0.1, 0.15) is 39.6 Å². The number of rotatable bonds is 0. The number of phenols is 1. The normalized spacial score (nSPS) is 18.4. The Morgan fingerprint density at radius 2 is 2.09 bits per heavy atom. The summed E-state index contributed by atoms with van der Waals surface area (Å²) in [6.07, 6.45) is -0.331. The third-order valence-electron chi connectivity index (χ3n) is 3.82. The number of amides is 1. The summed E-state index contributed by atoms with van der Waals surface area (Å²) < 4.78 is 7.52. The number of aromatic nitrogens is 2. The second-order valence-corrected chi connectivity index (χ2v) is 6.62. The second-order valence-electron chi connectivity index (χ2n) is 6.62. The lowest BCUT2D eigenvalue weighted by molar-refractivity contribution is 0.0123. The molecule has 118 valence electrons. The average molecular weight is 303 g/mol. The van der Waals surface area contributed by atoms with Gasteiger partial charge in [-0.25, -0.2) is 9.78 Å². The van der Waals surface area contributed by atoms with E-state index in [1.54, 1.807) is 17.0 Å². The Morgan fingerprint density at radius 3 is 2.77 bits per heavy atom. The van der Waals surface area contributed by atoms with E-state index in [-0.39, 0.29) is 17.9 Å². The first-order chi connectivity index (χ1) is 10.3. The van der Waals surface area contributed by atoms with Gasteiger partial charge in [-0.2, -0.15) is 0 Å². The van der Waals surface area contributed by atoms with Crippen LogP contribution in [0, 0.1) is 0 Å². The Kier molecular flexibility index (Phi) is 3.27. The number of fused-ring (bicyclic) bond motifs is 3. The van der Waals surface area contributed by atoms with Gasteiger partial charge in [0.05, 0.1) is 11.6 Å². The molecule has 0 aliphatic carbocycles. The molecule has 0 radical (unpaired) electrons. The molecule has 1 unspecified atom stereocenters. The molecular weight excluding hydrogens is 282 g/mol. The average Bonchev–Trinajstić information content (AvgIpc) is 2.78. The number of imidazole rings is 1. The largest absolute Gasteiger partial charge is 0.506 e. The third kappa shape index (κ3) is 2.38. The van der Waals surface area contributed by atoms with Gasteiger partial charge in [0.25, 0.3) is 0 Å². The fourth-order valence-corrected chi connectivity index (χ4v) is 2.81. The number of hydrogen-bond donors (Lipinski definition) is 1. The van der Waals surface area contributed by atoms with E-state index in [0.29, 0.717) is 18.6 Å². The molecule has 2 heterocycles. The van der Waals surface area contributed by atoms with E-state index < -0.39 is 5.60 Å². The summed E-state index contributed by atoms with van der Waals surface area (Å²) in [4.78, 5) is 18.5. The molecule has 1 amide bonds. The number of aromatic hydroxyl groups is 1. The lowest BCUT2D eigenvalue weighted by Gasteiger charge is -2.35. The van der Waals surface area contributed by atoms with Crippen LogP contribution < -0.4 is 0 Å². The molecule has 0 spiro atoms. The molecule has 0 fully saturated rings. The summed E-state index contributed by atoms with van der Waals surface area (Å²) >= 11 is 0. The molecule has 0 bridgehead atoms. The highest BCUT2D eigenvalue weighted by Crippen LogP contribution is 2.32. The molecule has 1 aliphatic heterocycles. The molecule has 6 heteroatoms. The van der Waals surface area contributed by atoms with Crippen molar-refractivity contribution >= 4 is 17.1 Å². The molecular formula is C16H21N3O3. The Bertz CT molecular complexity index is 730. The Labute approximate surface area is 129 Å². The number of nitrogens with zero attached hydrogens (tertiary/aromatic N) is 3. The summed E-state index contributed by atoms with van der Waals surface area (Å²) in [5.74, 6) is 0.934. The van der Waals surface area contributed by atoms with Crippen LogP contribution in [0.25, 0.3) is 11.0 Å². The van der Waals surface area contributed by atoms with Gasteiger partial charge in [-0.15, -0.1) is 0 Å². The Hall–Kier alpha value is -2.24. The maximum absolute atomic E-state index is 12.3. The topological polar surface area (TPSA) is 67.6 Å². The highest BCUT2D eigenvalue weighted by Gasteiger charge is 2.33. The lowest BCUT2D eigenvalue weighted by atomic mass is 10.2. The highest BCUT2D eigenvalue weighted by molar-refractivity contribution is 5.82. The molecule has 22 heavy (non-hydrogen) atoms. The maximum atomic E-state index is 12.3. The minimum absolute atomic E-state index is 0.162. The Morgan fingerprint density at radius 1 is 1.36 bits per heavy atom. The molecule has 0 saturated heterocycles. The zero-order chi connectivity index (χ0) is 16.1. The van der Waals surface area contributed by atoms with Gasteiger partial charge in [-0.05, 0) is 39.8 Å². The maximum Gasteiger partial charge on any atom is 0.410 e. The zero-order valence-electron chi connectivity index (χ0n) is 13.3. The van der Waals surface area contributed by atoms with E-state index in [1.807, 2.05) is 33.8 Å². The zero-order valence-corrected chi connectivity index (χ0v) is 13.3. The summed E-state index contributed by atoms with van der Waals surface area (Å²) in [6, 6.07) is 5.16. The van der Waals surface area contributed by atoms with Gasteiger partial charge in [0.2, 0.25) is 0 Å². The van der Waals surface area contributed by atoms with Gasteiger partial charge < -0.3 is 14.4 Å². The number of hydrogen-bond acceptors (Lipinski definition) is 4. The molecule has 1 aliphatic rings.